The van der Waals surface area contributed by atoms with Crippen molar-refractivity contribution < 1.29 is 39.6 Å². The Labute approximate surface area is 149 Å². The molecule has 12 heteroatoms. The normalized spacial score (nSPS) is 15.5. The highest BCUT2D eigenvalue weighted by molar-refractivity contribution is 5.94. The van der Waals surface area contributed by atoms with Gasteiger partial charge in [0, 0.05) is 0 Å². The number of aliphatic hydroxyl groups is 3. The van der Waals surface area contributed by atoms with Crippen molar-refractivity contribution in [3.63, 3.8) is 0 Å². The van der Waals surface area contributed by atoms with Crippen LogP contribution >= 0.6 is 0 Å². The summed E-state index contributed by atoms with van der Waals surface area (Å²) in [7, 11) is 0. The van der Waals surface area contributed by atoms with E-state index in [9.17, 15) is 24.3 Å². The quantitative estimate of drug-likeness (QED) is 0.174. The monoisotopic (exact) mass is 378 g/mol. The molecule has 0 aromatic heterocycles. The minimum atomic E-state index is -1.60. The number of amides is 3. The van der Waals surface area contributed by atoms with Gasteiger partial charge in [0.15, 0.2) is 0 Å². The number of nitrogens with one attached hydrogen (secondary N) is 3. The van der Waals surface area contributed by atoms with Gasteiger partial charge in [0.2, 0.25) is 17.7 Å². The van der Waals surface area contributed by atoms with Gasteiger partial charge in [0.1, 0.15) is 24.2 Å². The Morgan fingerprint density at radius 2 is 1.31 bits per heavy atom. The van der Waals surface area contributed by atoms with Crippen LogP contribution < -0.4 is 21.7 Å². The van der Waals surface area contributed by atoms with E-state index in [0.717, 1.165) is 0 Å². The van der Waals surface area contributed by atoms with Crippen LogP contribution in [0.25, 0.3) is 0 Å². The molecule has 3 amide bonds. The number of carboxylic acid groups (broad SMARTS) is 1. The summed E-state index contributed by atoms with van der Waals surface area (Å²) in [4.78, 5) is 46.8. The predicted molar refractivity (Wildman–Crippen MR) is 87.5 cm³/mol. The summed E-state index contributed by atoms with van der Waals surface area (Å²) in [6.45, 7) is 0.864. The van der Waals surface area contributed by atoms with Gasteiger partial charge in [-0.2, -0.15) is 0 Å². The van der Waals surface area contributed by atoms with Crippen LogP contribution in [0.3, 0.4) is 0 Å². The Hall–Kier alpha value is -2.28. The third-order valence-corrected chi connectivity index (χ3v) is 3.39. The Bertz CT molecular complexity index is 513. The minimum absolute atomic E-state index is 0.420. The van der Waals surface area contributed by atoms with E-state index in [1.807, 2.05) is 5.32 Å². The molecular formula is C14H26N4O8. The van der Waals surface area contributed by atoms with Crippen molar-refractivity contribution >= 4 is 23.7 Å². The average molecular weight is 378 g/mol. The fraction of sp³-hybridized carbons (Fsp3) is 0.714. The summed E-state index contributed by atoms with van der Waals surface area (Å²) in [6.07, 6.45) is 0. The second-order valence-electron chi connectivity index (χ2n) is 5.85. The maximum atomic E-state index is 12.3. The molecule has 0 aliphatic carbocycles. The molecule has 150 valence electrons. The lowest BCUT2D eigenvalue weighted by Crippen LogP contribution is -2.59. The number of aliphatic carboxylic acids is 1. The summed E-state index contributed by atoms with van der Waals surface area (Å²) in [5, 5.41) is 42.3. The first-order valence-electron chi connectivity index (χ1n) is 7.81. The molecule has 0 aliphatic heterocycles. The molecule has 0 heterocycles. The van der Waals surface area contributed by atoms with E-state index in [1.54, 1.807) is 13.8 Å². The van der Waals surface area contributed by atoms with E-state index in [0.29, 0.717) is 0 Å². The van der Waals surface area contributed by atoms with Gasteiger partial charge in [-0.25, -0.2) is 4.79 Å². The number of carbonyl (C=O) groups excluding carboxylic acids is 3. The molecule has 0 spiro atoms. The number of hydrogen-bond acceptors (Lipinski definition) is 8. The zero-order valence-electron chi connectivity index (χ0n) is 14.5. The molecule has 0 saturated carbocycles. The Balaban J connectivity index is 5.04. The highest BCUT2D eigenvalue weighted by atomic mass is 16.4. The van der Waals surface area contributed by atoms with Crippen LogP contribution in [-0.4, -0.2) is 88.1 Å². The van der Waals surface area contributed by atoms with Crippen LogP contribution in [0.2, 0.25) is 0 Å². The smallest absolute Gasteiger partial charge is 0.328 e. The molecule has 12 nitrogen and oxygen atoms in total. The average Bonchev–Trinajstić information content (AvgIpc) is 2.59. The second-order valence-corrected chi connectivity index (χ2v) is 5.85. The van der Waals surface area contributed by atoms with E-state index in [-0.39, 0.29) is 0 Å². The lowest BCUT2D eigenvalue weighted by Gasteiger charge is -2.25. The minimum Gasteiger partial charge on any atom is -0.480 e. The summed E-state index contributed by atoms with van der Waals surface area (Å²) in [5.74, 6) is -4.53. The van der Waals surface area contributed by atoms with Crippen LogP contribution in [0.4, 0.5) is 0 Å². The zero-order valence-corrected chi connectivity index (χ0v) is 14.5. The predicted octanol–water partition coefficient (Wildman–Crippen LogP) is -4.51. The van der Waals surface area contributed by atoms with Gasteiger partial charge >= 0.3 is 5.97 Å². The second kappa shape index (κ2) is 11.4. The van der Waals surface area contributed by atoms with Crippen LogP contribution in [0, 0.1) is 5.92 Å². The number of carboxylic acids is 1. The van der Waals surface area contributed by atoms with Crippen LogP contribution in [0.15, 0.2) is 0 Å². The first-order valence-corrected chi connectivity index (χ1v) is 7.81. The van der Waals surface area contributed by atoms with E-state index in [1.165, 1.54) is 0 Å². The molecule has 0 aromatic carbocycles. The number of carbonyl (C=O) groups is 4. The van der Waals surface area contributed by atoms with Crippen LogP contribution in [0.1, 0.15) is 13.8 Å². The van der Waals surface area contributed by atoms with Gasteiger partial charge in [-0.1, -0.05) is 13.8 Å². The number of hydrogen-bond donors (Lipinski definition) is 8. The van der Waals surface area contributed by atoms with Gasteiger partial charge in [-0.05, 0) is 5.92 Å². The summed E-state index contributed by atoms with van der Waals surface area (Å²) in [6, 6.07) is -5.45. The first-order chi connectivity index (χ1) is 12.1. The van der Waals surface area contributed by atoms with Crippen molar-refractivity contribution in [2.45, 2.75) is 38.0 Å². The summed E-state index contributed by atoms with van der Waals surface area (Å²) >= 11 is 0. The molecule has 4 atom stereocenters. The van der Waals surface area contributed by atoms with Crippen molar-refractivity contribution in [1.29, 1.82) is 0 Å². The fourth-order valence-corrected chi connectivity index (χ4v) is 1.79. The summed E-state index contributed by atoms with van der Waals surface area (Å²) in [5.41, 5.74) is 5.36. The molecule has 9 N–H and O–H groups in total. The third-order valence-electron chi connectivity index (χ3n) is 3.39. The van der Waals surface area contributed by atoms with Crippen molar-refractivity contribution in [3.8, 4) is 0 Å². The molecule has 26 heavy (non-hydrogen) atoms. The molecule has 0 rings (SSSR count). The third kappa shape index (κ3) is 7.31. The maximum absolute atomic E-state index is 12.3. The van der Waals surface area contributed by atoms with Crippen molar-refractivity contribution in [2.75, 3.05) is 19.8 Å². The highest BCUT2D eigenvalue weighted by Gasteiger charge is 2.31. The lowest BCUT2D eigenvalue weighted by atomic mass is 10.0. The van der Waals surface area contributed by atoms with Gasteiger partial charge in [0.25, 0.3) is 0 Å². The van der Waals surface area contributed by atoms with Crippen LogP contribution in [0.5, 0.6) is 0 Å². The van der Waals surface area contributed by atoms with Crippen molar-refractivity contribution in [1.82, 2.24) is 16.0 Å². The van der Waals surface area contributed by atoms with Crippen molar-refractivity contribution in [2.24, 2.45) is 11.7 Å². The summed E-state index contributed by atoms with van der Waals surface area (Å²) < 4.78 is 0. The topological polar surface area (TPSA) is 211 Å². The van der Waals surface area contributed by atoms with E-state index in [4.69, 9.17) is 21.1 Å². The maximum Gasteiger partial charge on any atom is 0.328 e. The van der Waals surface area contributed by atoms with Crippen LogP contribution in [-0.2, 0) is 19.2 Å². The molecule has 4 unspecified atom stereocenters. The SMILES string of the molecule is CC(C)C(NC(=O)C(N)CO)C(=O)NC(CO)C(=O)NC(CO)C(=O)O. The Morgan fingerprint density at radius 1 is 0.808 bits per heavy atom. The Kier molecular flexibility index (Phi) is 10.4. The lowest BCUT2D eigenvalue weighted by molar-refractivity contribution is -0.143. The molecule has 0 aromatic rings. The molecule has 0 bridgehead atoms. The number of aliphatic hydroxyl groups excluding tert-OH is 3. The molecule has 0 radical (unpaired) electrons. The van der Waals surface area contributed by atoms with E-state index in [2.05, 4.69) is 10.6 Å². The molecule has 0 aliphatic rings. The first kappa shape index (κ1) is 23.7. The van der Waals surface area contributed by atoms with Gasteiger partial charge in [-0.3, -0.25) is 14.4 Å². The largest absolute Gasteiger partial charge is 0.480 e. The van der Waals surface area contributed by atoms with Gasteiger partial charge < -0.3 is 42.1 Å². The number of nitrogens with two attached hydrogens (primary N) is 1. The molecule has 0 fully saturated rings. The van der Waals surface area contributed by atoms with Crippen molar-refractivity contribution in [3.05, 3.63) is 0 Å². The molecule has 0 saturated heterocycles. The van der Waals surface area contributed by atoms with E-state index >= 15 is 0 Å². The molecular weight excluding hydrogens is 352 g/mol. The highest BCUT2D eigenvalue weighted by Crippen LogP contribution is 2.03. The number of rotatable bonds is 11. The fourth-order valence-electron chi connectivity index (χ4n) is 1.79. The van der Waals surface area contributed by atoms with Gasteiger partial charge in [-0.15, -0.1) is 0 Å². The zero-order chi connectivity index (χ0) is 20.4. The Morgan fingerprint density at radius 3 is 1.69 bits per heavy atom. The standard InChI is InChI=1S/C14H26N4O8/c1-6(2)10(18-11(22)7(15)3-19)13(24)16-8(4-20)12(23)17-9(5-21)14(25)26/h6-10,19-21H,3-5,15H2,1-2H3,(H,16,24)(H,17,23)(H,18,22)(H,25,26). The van der Waals surface area contributed by atoms with Gasteiger partial charge in [0.05, 0.1) is 19.8 Å². The van der Waals surface area contributed by atoms with E-state index < -0.39 is 73.6 Å².